The van der Waals surface area contributed by atoms with Crippen LogP contribution in [0.4, 0.5) is 4.39 Å². The number of likely N-dealkylation sites (N-methyl/N-ethyl adjacent to an activating group) is 2. The molecule has 0 radical (unpaired) electrons. The molecule has 7 nitrogen and oxygen atoms in total. The molecule has 0 fully saturated rings. The maximum atomic E-state index is 13.6. The fourth-order valence-corrected chi connectivity index (χ4v) is 3.74. The molecule has 2 atom stereocenters. The summed E-state index contributed by atoms with van der Waals surface area (Å²) in [4.78, 5) is 29.2. The molecule has 2 aromatic carbocycles. The van der Waals surface area contributed by atoms with E-state index in [1.807, 2.05) is 49.3 Å². The Labute approximate surface area is 174 Å². The third kappa shape index (κ3) is 3.86. The lowest BCUT2D eigenvalue weighted by Gasteiger charge is -2.49. The van der Waals surface area contributed by atoms with Crippen LogP contribution in [0.2, 0.25) is 0 Å². The first-order chi connectivity index (χ1) is 14.3. The number of rotatable bonds is 6. The van der Waals surface area contributed by atoms with Gasteiger partial charge in [-0.25, -0.2) is 4.39 Å². The van der Waals surface area contributed by atoms with Gasteiger partial charge in [0.25, 0.3) is 11.8 Å². The summed E-state index contributed by atoms with van der Waals surface area (Å²) in [7, 11) is 5.09. The quantitative estimate of drug-likeness (QED) is 0.675. The molecule has 0 saturated heterocycles. The van der Waals surface area contributed by atoms with Gasteiger partial charge in [-0.3, -0.25) is 14.5 Å². The third-order valence-corrected chi connectivity index (χ3v) is 5.22. The molecule has 2 aromatic rings. The molecule has 1 aliphatic rings. The van der Waals surface area contributed by atoms with Crippen LogP contribution in [-0.2, 0) is 16.1 Å². The van der Waals surface area contributed by atoms with Gasteiger partial charge in [-0.05, 0) is 37.4 Å². The first-order valence-corrected chi connectivity index (χ1v) is 9.46. The van der Waals surface area contributed by atoms with E-state index >= 15 is 0 Å². The Morgan fingerprint density at radius 1 is 1.20 bits per heavy atom. The van der Waals surface area contributed by atoms with Crippen LogP contribution >= 0.6 is 0 Å². The Balaban J connectivity index is 2.02. The molecule has 3 rings (SSSR count). The number of aliphatic hydroxyl groups excluding tert-OH is 1. The van der Waals surface area contributed by atoms with Crippen LogP contribution in [0.3, 0.4) is 0 Å². The first kappa shape index (κ1) is 21.3. The molecule has 3 N–H and O–H groups in total. The van der Waals surface area contributed by atoms with Gasteiger partial charge in [0, 0.05) is 19.8 Å². The summed E-state index contributed by atoms with van der Waals surface area (Å²) in [5, 5.41) is 15.7. The van der Waals surface area contributed by atoms with Crippen molar-refractivity contribution >= 4 is 11.8 Å². The standard InChI is InChI=1S/C22H25FN4O3/c1-26(2)19(16-7-5-4-6-8-16)22(25-14-18(28)20(29)27(22)3)21(30)24-13-15-9-11-17(23)12-10-15/h4-12,14,19,25,28H,13H2,1-3H3,(H,24,30). The van der Waals surface area contributed by atoms with Crippen LogP contribution in [0.25, 0.3) is 0 Å². The predicted octanol–water partition coefficient (Wildman–Crippen LogP) is 1.90. The lowest BCUT2D eigenvalue weighted by atomic mass is 9.88. The zero-order chi connectivity index (χ0) is 21.9. The average molecular weight is 412 g/mol. The van der Waals surface area contributed by atoms with Crippen molar-refractivity contribution < 1.29 is 19.1 Å². The SMILES string of the molecule is CN(C)C(c1ccccc1)C1(C(=O)NCc2ccc(F)cc2)NC=C(O)C(=O)N1C. The smallest absolute Gasteiger partial charge is 0.292 e. The Hall–Kier alpha value is -3.39. The van der Waals surface area contributed by atoms with Crippen molar-refractivity contribution in [2.45, 2.75) is 18.2 Å². The number of benzene rings is 2. The van der Waals surface area contributed by atoms with Crippen molar-refractivity contribution in [2.75, 3.05) is 21.1 Å². The molecule has 0 bridgehead atoms. The van der Waals surface area contributed by atoms with E-state index in [-0.39, 0.29) is 12.4 Å². The normalized spacial score (nSPS) is 19.8. The number of nitrogens with zero attached hydrogens (tertiary/aromatic N) is 2. The summed E-state index contributed by atoms with van der Waals surface area (Å²) in [5.41, 5.74) is -0.0145. The van der Waals surface area contributed by atoms with Gasteiger partial charge in [-0.1, -0.05) is 42.5 Å². The number of hydrogen-bond donors (Lipinski definition) is 3. The second-order valence-corrected chi connectivity index (χ2v) is 7.39. The van der Waals surface area contributed by atoms with Crippen molar-refractivity contribution in [1.29, 1.82) is 0 Å². The summed E-state index contributed by atoms with van der Waals surface area (Å²) in [6.07, 6.45) is 1.15. The van der Waals surface area contributed by atoms with E-state index in [2.05, 4.69) is 10.6 Å². The summed E-state index contributed by atoms with van der Waals surface area (Å²) >= 11 is 0. The van der Waals surface area contributed by atoms with Gasteiger partial charge < -0.3 is 20.6 Å². The fourth-order valence-electron chi connectivity index (χ4n) is 3.74. The van der Waals surface area contributed by atoms with E-state index in [9.17, 15) is 19.1 Å². The minimum absolute atomic E-state index is 0.148. The molecule has 158 valence electrons. The second kappa shape index (κ2) is 8.54. The minimum atomic E-state index is -1.53. The van der Waals surface area contributed by atoms with E-state index in [1.54, 1.807) is 12.1 Å². The Morgan fingerprint density at radius 3 is 2.43 bits per heavy atom. The van der Waals surface area contributed by atoms with Crippen LogP contribution in [-0.4, -0.2) is 53.5 Å². The van der Waals surface area contributed by atoms with Crippen LogP contribution in [0.1, 0.15) is 17.2 Å². The summed E-state index contributed by atoms with van der Waals surface area (Å²) < 4.78 is 13.2. The monoisotopic (exact) mass is 412 g/mol. The molecular weight excluding hydrogens is 387 g/mol. The summed E-state index contributed by atoms with van der Waals surface area (Å²) in [5.74, 6) is -1.98. The lowest BCUT2D eigenvalue weighted by Crippen LogP contribution is -2.72. The first-order valence-electron chi connectivity index (χ1n) is 9.46. The van der Waals surface area contributed by atoms with Crippen molar-refractivity contribution in [3.8, 4) is 0 Å². The molecule has 2 amide bonds. The largest absolute Gasteiger partial charge is 0.502 e. The number of carbonyl (C=O) groups is 2. The molecule has 1 heterocycles. The zero-order valence-corrected chi connectivity index (χ0v) is 17.1. The Kier molecular flexibility index (Phi) is 6.07. The van der Waals surface area contributed by atoms with Gasteiger partial charge in [0.15, 0.2) is 5.76 Å². The van der Waals surface area contributed by atoms with Crippen LogP contribution in [0.15, 0.2) is 66.6 Å². The number of aliphatic hydroxyl groups is 1. The van der Waals surface area contributed by atoms with Gasteiger partial charge >= 0.3 is 0 Å². The lowest BCUT2D eigenvalue weighted by molar-refractivity contribution is -0.154. The van der Waals surface area contributed by atoms with E-state index in [0.29, 0.717) is 5.56 Å². The molecule has 0 saturated carbocycles. The van der Waals surface area contributed by atoms with E-state index in [4.69, 9.17) is 0 Å². The molecule has 0 aliphatic carbocycles. The number of carbonyl (C=O) groups excluding carboxylic acids is 2. The van der Waals surface area contributed by atoms with E-state index < -0.39 is 29.3 Å². The van der Waals surface area contributed by atoms with Crippen molar-refractivity contribution in [2.24, 2.45) is 0 Å². The van der Waals surface area contributed by atoms with Crippen LogP contribution in [0, 0.1) is 5.82 Å². The van der Waals surface area contributed by atoms with Gasteiger partial charge in [0.2, 0.25) is 5.66 Å². The minimum Gasteiger partial charge on any atom is -0.502 e. The number of halogens is 1. The van der Waals surface area contributed by atoms with Gasteiger partial charge in [-0.2, -0.15) is 0 Å². The van der Waals surface area contributed by atoms with Gasteiger partial charge in [-0.15, -0.1) is 0 Å². The van der Waals surface area contributed by atoms with Crippen LogP contribution in [0.5, 0.6) is 0 Å². The number of amides is 2. The van der Waals surface area contributed by atoms with Gasteiger partial charge in [0.05, 0.1) is 6.04 Å². The maximum absolute atomic E-state index is 13.6. The third-order valence-electron chi connectivity index (χ3n) is 5.22. The molecule has 8 heteroatoms. The van der Waals surface area contributed by atoms with E-state index in [0.717, 1.165) is 11.8 Å². The van der Waals surface area contributed by atoms with Crippen molar-refractivity contribution in [3.63, 3.8) is 0 Å². The van der Waals surface area contributed by atoms with Crippen LogP contribution < -0.4 is 10.6 Å². The average Bonchev–Trinajstić information content (AvgIpc) is 2.74. The Bertz CT molecular complexity index is 947. The summed E-state index contributed by atoms with van der Waals surface area (Å²) in [6.45, 7) is 0.148. The molecule has 30 heavy (non-hydrogen) atoms. The van der Waals surface area contributed by atoms with Gasteiger partial charge in [0.1, 0.15) is 5.82 Å². The molecule has 0 aromatic heterocycles. The highest BCUT2D eigenvalue weighted by atomic mass is 19.1. The number of hydrogen-bond acceptors (Lipinski definition) is 5. The fraction of sp³-hybridized carbons (Fsp3) is 0.273. The maximum Gasteiger partial charge on any atom is 0.292 e. The molecule has 2 unspecified atom stereocenters. The second-order valence-electron chi connectivity index (χ2n) is 7.39. The summed E-state index contributed by atoms with van der Waals surface area (Å²) in [6, 6.07) is 14.5. The molecule has 1 aliphatic heterocycles. The highest BCUT2D eigenvalue weighted by molar-refractivity contribution is 5.99. The molecular formula is C22H25FN4O3. The van der Waals surface area contributed by atoms with E-state index in [1.165, 1.54) is 24.1 Å². The van der Waals surface area contributed by atoms with Crippen molar-refractivity contribution in [1.82, 2.24) is 20.4 Å². The predicted molar refractivity (Wildman–Crippen MR) is 110 cm³/mol. The highest BCUT2D eigenvalue weighted by Crippen LogP contribution is 2.35. The molecule has 0 spiro atoms. The Morgan fingerprint density at radius 2 is 1.83 bits per heavy atom. The number of nitrogens with one attached hydrogen (secondary N) is 2. The topological polar surface area (TPSA) is 84.9 Å². The zero-order valence-electron chi connectivity index (χ0n) is 17.1. The highest BCUT2D eigenvalue weighted by Gasteiger charge is 2.54. The van der Waals surface area contributed by atoms with Crippen molar-refractivity contribution in [3.05, 3.63) is 83.5 Å².